The molecule has 0 radical (unpaired) electrons. The molecule has 4 aliphatic heterocycles. The molecule has 0 aromatic rings. The third kappa shape index (κ3) is 3.32. The first-order chi connectivity index (χ1) is 14.0. The highest BCUT2D eigenvalue weighted by atomic mass is 19.2. The minimum absolute atomic E-state index is 0.0532. The lowest BCUT2D eigenvalue weighted by Gasteiger charge is -2.45. The summed E-state index contributed by atoms with van der Waals surface area (Å²) >= 11 is 0. The summed E-state index contributed by atoms with van der Waals surface area (Å²) in [5, 5.41) is 28.4. The van der Waals surface area contributed by atoms with Gasteiger partial charge in [-0.1, -0.05) is 0 Å². The molecule has 0 aromatic heterocycles. The van der Waals surface area contributed by atoms with Gasteiger partial charge in [-0.3, -0.25) is 10.2 Å². The Kier molecular flexibility index (Phi) is 5.57. The van der Waals surface area contributed by atoms with Crippen LogP contribution in [0.25, 0.3) is 0 Å². The number of halogens is 2. The maximum absolute atomic E-state index is 14.4. The predicted molar refractivity (Wildman–Crippen MR) is 97.0 cm³/mol. The van der Waals surface area contributed by atoms with Gasteiger partial charge < -0.3 is 29.7 Å². The lowest BCUT2D eigenvalue weighted by atomic mass is 9.77. The number of hydrogen-bond donors (Lipinski definition) is 4. The number of nitrogens with one attached hydrogen (secondary N) is 2. The topological polar surface area (TPSA) is 95.5 Å². The number of alkyl halides is 2. The highest BCUT2D eigenvalue weighted by molar-refractivity contribution is 5.04. The van der Waals surface area contributed by atoms with E-state index in [1.165, 1.54) is 0 Å². The molecule has 166 valence electrons. The molecule has 12 atom stereocenters. The smallest absolute Gasteiger partial charge is 0.158 e. The third-order valence-corrected chi connectivity index (χ3v) is 7.59. The number of ether oxygens (including phenoxy) is 3. The van der Waals surface area contributed by atoms with Crippen LogP contribution >= 0.6 is 0 Å². The van der Waals surface area contributed by atoms with Gasteiger partial charge in [0.25, 0.3) is 0 Å². The standard InChI is InChI=1S/C19H31F2N3O5/c1-8-9-4-5-24(18(9)23-6-22-8)19-14(26)13(25)17(29-19)16-10-2-3-11(20)12(21)15(10)27-7-28-16/h8-19,22-23,25-26H,2-7H2,1H3/t8?,9?,10?,11?,12?,13-,14+,15?,16+,17-,18?,19+/m0/s1. The molecular formula is C19H31F2N3O5. The molecular weight excluding hydrogens is 388 g/mol. The molecule has 5 fully saturated rings. The Morgan fingerprint density at radius 2 is 1.72 bits per heavy atom. The van der Waals surface area contributed by atoms with Crippen LogP contribution in [-0.4, -0.2) is 96.4 Å². The second-order valence-corrected chi connectivity index (χ2v) is 9.06. The van der Waals surface area contributed by atoms with Crippen LogP contribution in [0.5, 0.6) is 0 Å². The molecule has 10 heteroatoms. The first-order valence-corrected chi connectivity index (χ1v) is 10.7. The summed E-state index contributed by atoms with van der Waals surface area (Å²) in [6.45, 7) is 3.39. The average molecular weight is 419 g/mol. The van der Waals surface area contributed by atoms with Crippen LogP contribution < -0.4 is 10.6 Å². The van der Waals surface area contributed by atoms with Crippen LogP contribution in [0.4, 0.5) is 8.78 Å². The maximum atomic E-state index is 14.4. The number of fused-ring (bicyclic) bond motifs is 2. The van der Waals surface area contributed by atoms with Crippen LogP contribution in [0.15, 0.2) is 0 Å². The van der Waals surface area contributed by atoms with Crippen molar-refractivity contribution in [2.45, 2.75) is 87.5 Å². The predicted octanol–water partition coefficient (Wildman–Crippen LogP) is -0.552. The highest BCUT2D eigenvalue weighted by Gasteiger charge is 2.57. The Bertz CT molecular complexity index is 606. The summed E-state index contributed by atoms with van der Waals surface area (Å²) in [6.07, 6.45) is -7.07. The number of rotatable bonds is 2. The molecule has 5 rings (SSSR count). The Morgan fingerprint density at radius 1 is 0.931 bits per heavy atom. The Hall–Kier alpha value is -0.460. The van der Waals surface area contributed by atoms with Crippen molar-refractivity contribution in [3.63, 3.8) is 0 Å². The summed E-state index contributed by atoms with van der Waals surface area (Å²) in [4.78, 5) is 2.07. The van der Waals surface area contributed by atoms with Crippen LogP contribution in [0.2, 0.25) is 0 Å². The van der Waals surface area contributed by atoms with Gasteiger partial charge in [0.1, 0.15) is 37.5 Å². The van der Waals surface area contributed by atoms with Crippen LogP contribution in [0.3, 0.4) is 0 Å². The third-order valence-electron chi connectivity index (χ3n) is 7.59. The van der Waals surface area contributed by atoms with Gasteiger partial charge in [0.15, 0.2) is 6.17 Å². The fourth-order valence-corrected chi connectivity index (χ4v) is 5.97. The van der Waals surface area contributed by atoms with E-state index >= 15 is 0 Å². The molecule has 29 heavy (non-hydrogen) atoms. The molecule has 4 N–H and O–H groups in total. The lowest BCUT2D eigenvalue weighted by Crippen LogP contribution is -2.61. The van der Waals surface area contributed by atoms with E-state index in [0.717, 1.165) is 13.0 Å². The highest BCUT2D eigenvalue weighted by Crippen LogP contribution is 2.42. The molecule has 0 spiro atoms. The van der Waals surface area contributed by atoms with Crippen molar-refractivity contribution in [2.75, 3.05) is 20.0 Å². The monoisotopic (exact) mass is 419 g/mol. The van der Waals surface area contributed by atoms with Crippen molar-refractivity contribution < 1.29 is 33.2 Å². The van der Waals surface area contributed by atoms with Gasteiger partial charge in [0.2, 0.25) is 0 Å². The Morgan fingerprint density at radius 3 is 2.55 bits per heavy atom. The second-order valence-electron chi connectivity index (χ2n) is 9.06. The van der Waals surface area contributed by atoms with E-state index in [1.54, 1.807) is 0 Å². The normalized spacial score (nSPS) is 56.2. The fraction of sp³-hybridized carbons (Fsp3) is 1.00. The molecule has 1 aliphatic carbocycles. The van der Waals surface area contributed by atoms with Gasteiger partial charge >= 0.3 is 0 Å². The Balaban J connectivity index is 1.32. The zero-order chi connectivity index (χ0) is 20.3. The van der Waals surface area contributed by atoms with Crippen molar-refractivity contribution in [3.05, 3.63) is 0 Å². The summed E-state index contributed by atoms with van der Waals surface area (Å²) in [7, 11) is 0. The Labute approximate surface area is 168 Å². The van der Waals surface area contributed by atoms with Crippen molar-refractivity contribution >= 4 is 0 Å². The van der Waals surface area contributed by atoms with Crippen LogP contribution in [-0.2, 0) is 14.2 Å². The molecule has 1 saturated carbocycles. The number of aliphatic hydroxyl groups is 2. The SMILES string of the molecule is CC1NCNC2C1CCN2[C@@H]1O[C@H]([C@@H]2OCOC3C(F)C(F)CCC32)[C@@H](O)[C@H]1O. The number of hydrogen-bond acceptors (Lipinski definition) is 8. The van der Waals surface area contributed by atoms with E-state index in [4.69, 9.17) is 14.2 Å². The van der Waals surface area contributed by atoms with E-state index in [9.17, 15) is 19.0 Å². The molecule has 0 aromatic carbocycles. The average Bonchev–Trinajstić information content (AvgIpc) is 3.27. The van der Waals surface area contributed by atoms with E-state index in [0.29, 0.717) is 25.0 Å². The minimum Gasteiger partial charge on any atom is -0.387 e. The number of likely N-dealkylation sites (tertiary alicyclic amines) is 1. The van der Waals surface area contributed by atoms with Gasteiger partial charge in [-0.15, -0.1) is 0 Å². The molecule has 0 amide bonds. The fourth-order valence-electron chi connectivity index (χ4n) is 5.97. The van der Waals surface area contributed by atoms with Gasteiger partial charge in [-0.2, -0.15) is 0 Å². The zero-order valence-electron chi connectivity index (χ0n) is 16.5. The van der Waals surface area contributed by atoms with Crippen LogP contribution in [0.1, 0.15) is 26.2 Å². The second kappa shape index (κ2) is 7.90. The molecule has 4 heterocycles. The zero-order valence-corrected chi connectivity index (χ0v) is 16.5. The minimum atomic E-state index is -1.71. The summed E-state index contributed by atoms with van der Waals surface area (Å²) < 4.78 is 45.4. The molecule has 5 aliphatic rings. The van der Waals surface area contributed by atoms with E-state index in [2.05, 4.69) is 22.5 Å². The number of nitrogens with zero attached hydrogens (tertiary/aromatic N) is 1. The molecule has 0 bridgehead atoms. The molecule has 7 unspecified atom stereocenters. The van der Waals surface area contributed by atoms with E-state index in [-0.39, 0.29) is 19.4 Å². The largest absolute Gasteiger partial charge is 0.387 e. The lowest BCUT2D eigenvalue weighted by molar-refractivity contribution is -0.270. The summed E-state index contributed by atoms with van der Waals surface area (Å²) in [6, 6.07) is 0.350. The first-order valence-electron chi connectivity index (χ1n) is 10.7. The van der Waals surface area contributed by atoms with Gasteiger partial charge in [0, 0.05) is 31.1 Å². The van der Waals surface area contributed by atoms with Gasteiger partial charge in [-0.25, -0.2) is 8.78 Å². The molecule has 4 saturated heterocycles. The van der Waals surface area contributed by atoms with Crippen molar-refractivity contribution in [1.29, 1.82) is 0 Å². The van der Waals surface area contributed by atoms with Crippen molar-refractivity contribution in [3.8, 4) is 0 Å². The van der Waals surface area contributed by atoms with Crippen molar-refractivity contribution in [1.82, 2.24) is 15.5 Å². The quantitative estimate of drug-likeness (QED) is 0.474. The number of aliphatic hydroxyl groups excluding tert-OH is 2. The molecule has 8 nitrogen and oxygen atoms in total. The van der Waals surface area contributed by atoms with E-state index < -0.39 is 55.0 Å². The first kappa shape index (κ1) is 20.4. The van der Waals surface area contributed by atoms with Gasteiger partial charge in [0.05, 0.1) is 18.4 Å². The summed E-state index contributed by atoms with van der Waals surface area (Å²) in [5.74, 6) is -0.0358. The van der Waals surface area contributed by atoms with Gasteiger partial charge in [-0.05, 0) is 26.2 Å². The summed E-state index contributed by atoms with van der Waals surface area (Å²) in [5.41, 5.74) is 0. The van der Waals surface area contributed by atoms with Crippen LogP contribution in [0, 0.1) is 11.8 Å². The maximum Gasteiger partial charge on any atom is 0.158 e. The van der Waals surface area contributed by atoms with E-state index in [1.807, 2.05) is 0 Å². The van der Waals surface area contributed by atoms with Crippen molar-refractivity contribution in [2.24, 2.45) is 11.8 Å².